The fourth-order valence-corrected chi connectivity index (χ4v) is 8.61. The van der Waals surface area contributed by atoms with E-state index in [2.05, 4.69) is 4.86 Å². The molecule has 1 N–H and O–H groups in total. The Morgan fingerprint density at radius 3 is 1.24 bits per heavy atom. The second-order valence-corrected chi connectivity index (χ2v) is 10.1. The summed E-state index contributed by atoms with van der Waals surface area (Å²) in [6.07, 6.45) is 0. The van der Waals surface area contributed by atoms with Crippen LogP contribution in [0.1, 0.15) is 27.7 Å². The molecule has 0 heterocycles. The Balaban J connectivity index is 4.92. The molecular weight excluding hydrogens is 303 g/mol. The van der Waals surface area contributed by atoms with Gasteiger partial charge in [0.05, 0.1) is 0 Å². The molecule has 0 aliphatic heterocycles. The lowest BCUT2D eigenvalue weighted by Gasteiger charge is -2.30. The number of hydrogen-bond donors (Lipinski definition) is 1. The molecule has 0 spiro atoms. The third-order valence-electron chi connectivity index (χ3n) is 2.43. The molecule has 104 valence electrons. The van der Waals surface area contributed by atoms with E-state index in [1.807, 2.05) is 27.7 Å². The van der Waals surface area contributed by atoms with Crippen molar-refractivity contribution >= 4 is 36.1 Å². The molecule has 0 aromatic heterocycles. The monoisotopic (exact) mass is 323 g/mol. The molecule has 0 fully saturated rings. The maximum atomic E-state index is 12.2. The fourth-order valence-electron chi connectivity index (χ4n) is 1.45. The third kappa shape index (κ3) is 5.20. The molecule has 2 unspecified atom stereocenters. The molecule has 0 aromatic carbocycles. The Labute approximate surface area is 113 Å². The van der Waals surface area contributed by atoms with Crippen molar-refractivity contribution in [2.45, 2.75) is 27.7 Å². The van der Waals surface area contributed by atoms with E-state index in [0.29, 0.717) is 26.2 Å². The minimum atomic E-state index is -3.39. The number of rotatable bonds is 8. The molecule has 9 heteroatoms. The summed E-state index contributed by atoms with van der Waals surface area (Å²) in [5.74, 6) is 0. The zero-order valence-electron chi connectivity index (χ0n) is 10.7. The second-order valence-electron chi connectivity index (χ2n) is 3.38. The van der Waals surface area contributed by atoms with E-state index in [1.165, 1.54) is 9.34 Å². The van der Waals surface area contributed by atoms with Gasteiger partial charge in [-0.2, -0.15) is 4.86 Å². The highest BCUT2D eigenvalue weighted by atomic mass is 35.7. The van der Waals surface area contributed by atoms with Crippen LogP contribution in [-0.4, -0.2) is 35.5 Å². The number of halogens is 2. The second kappa shape index (κ2) is 7.49. The van der Waals surface area contributed by atoms with Gasteiger partial charge < -0.3 is 0 Å². The average Bonchev–Trinajstić information content (AvgIpc) is 2.18. The van der Waals surface area contributed by atoms with Crippen LogP contribution < -0.4 is 4.86 Å². The predicted molar refractivity (Wildman–Crippen MR) is 75.9 cm³/mol. The molecule has 0 amide bonds. The largest absolute Gasteiger partial charge is 0.309 e. The maximum absolute atomic E-state index is 12.2. The predicted octanol–water partition coefficient (Wildman–Crippen LogP) is 3.95. The molecule has 0 saturated heterocycles. The summed E-state index contributed by atoms with van der Waals surface area (Å²) in [6.45, 7) is 2.55. The van der Waals surface area contributed by atoms with Crippen molar-refractivity contribution in [3.63, 3.8) is 0 Å². The molecule has 0 aromatic rings. The first-order valence-electron chi connectivity index (χ1n) is 5.64. The fraction of sp³-hybridized carbons (Fsp3) is 1.00. The Hall–Kier alpha value is 0.920. The minimum Gasteiger partial charge on any atom is -0.270 e. The van der Waals surface area contributed by atoms with Crippen LogP contribution in [0.2, 0.25) is 0 Å². The van der Waals surface area contributed by atoms with E-state index in [-0.39, 0.29) is 0 Å². The highest BCUT2D eigenvalue weighted by Crippen LogP contribution is 2.64. The van der Waals surface area contributed by atoms with E-state index < -0.39 is 13.6 Å². The normalized spacial score (nSPS) is 19.3. The molecule has 0 aliphatic carbocycles. The van der Waals surface area contributed by atoms with Crippen molar-refractivity contribution in [2.24, 2.45) is 0 Å². The summed E-state index contributed by atoms with van der Waals surface area (Å²) >= 11 is 11.9. The Morgan fingerprint density at radius 1 is 0.824 bits per heavy atom. The van der Waals surface area contributed by atoms with Gasteiger partial charge >= 0.3 is 13.6 Å². The molecule has 5 nitrogen and oxygen atoms in total. The lowest BCUT2D eigenvalue weighted by molar-refractivity contribution is 0.436. The van der Waals surface area contributed by atoms with E-state index in [0.717, 1.165) is 0 Å². The van der Waals surface area contributed by atoms with Crippen LogP contribution in [0.15, 0.2) is 0 Å². The van der Waals surface area contributed by atoms with Gasteiger partial charge in [0, 0.05) is 26.2 Å². The van der Waals surface area contributed by atoms with Gasteiger partial charge in [0.1, 0.15) is 0 Å². The summed E-state index contributed by atoms with van der Waals surface area (Å²) < 4.78 is 27.5. The van der Waals surface area contributed by atoms with Crippen molar-refractivity contribution in [3.8, 4) is 0 Å². The van der Waals surface area contributed by atoms with E-state index in [4.69, 9.17) is 22.5 Å². The van der Waals surface area contributed by atoms with Crippen molar-refractivity contribution in [3.05, 3.63) is 0 Å². The van der Waals surface area contributed by atoms with Crippen LogP contribution in [0.3, 0.4) is 0 Å². The smallest absolute Gasteiger partial charge is 0.270 e. The molecule has 0 saturated carbocycles. The summed E-state index contributed by atoms with van der Waals surface area (Å²) in [5.41, 5.74) is 0. The summed E-state index contributed by atoms with van der Waals surface area (Å²) in [4.78, 5) is 2.43. The topological polar surface area (TPSA) is 52.7 Å². The van der Waals surface area contributed by atoms with Crippen molar-refractivity contribution in [1.29, 1.82) is 0 Å². The molecule has 0 rings (SSSR count). The first-order valence-corrected chi connectivity index (χ1v) is 10.8. The Morgan fingerprint density at radius 2 is 1.06 bits per heavy atom. The van der Waals surface area contributed by atoms with Gasteiger partial charge in [0.25, 0.3) is 0 Å². The molecule has 0 radical (unpaired) electrons. The van der Waals surface area contributed by atoms with Crippen molar-refractivity contribution in [2.75, 3.05) is 26.2 Å². The summed E-state index contributed by atoms with van der Waals surface area (Å²) in [6, 6.07) is 0. The van der Waals surface area contributed by atoms with E-state index >= 15 is 0 Å². The zero-order chi connectivity index (χ0) is 13.7. The van der Waals surface area contributed by atoms with Gasteiger partial charge in [-0.15, -0.1) is 0 Å². The lowest BCUT2D eigenvalue weighted by atomic mass is 10.7. The van der Waals surface area contributed by atoms with Crippen LogP contribution in [0.4, 0.5) is 0 Å². The molecular formula is C8H21Cl2N3O2P2. The molecule has 2 atom stereocenters. The number of nitrogens with zero attached hydrogens (tertiary/aromatic N) is 2. The van der Waals surface area contributed by atoms with Gasteiger partial charge in [-0.3, -0.25) is 9.13 Å². The number of nitrogens with one attached hydrogen (secondary N) is 1. The van der Waals surface area contributed by atoms with Crippen LogP contribution >= 0.6 is 36.1 Å². The first-order chi connectivity index (χ1) is 7.75. The standard InChI is InChI=1S/C8H21Cl2N3O2P2/c1-5-12(6-2)16(9,14)11-17(10,15)13(7-3)8-4/h5-8H2,1-4H3,(H,11,14,15). The summed E-state index contributed by atoms with van der Waals surface area (Å²) in [5, 5.41) is 0. The zero-order valence-corrected chi connectivity index (χ0v) is 14.0. The van der Waals surface area contributed by atoms with Crippen LogP contribution in [0.5, 0.6) is 0 Å². The minimum absolute atomic E-state index is 0.499. The highest BCUT2D eigenvalue weighted by Gasteiger charge is 2.37. The molecule has 17 heavy (non-hydrogen) atoms. The van der Waals surface area contributed by atoms with Crippen LogP contribution in [0.25, 0.3) is 0 Å². The van der Waals surface area contributed by atoms with Gasteiger partial charge in [-0.1, -0.05) is 27.7 Å². The molecule has 0 bridgehead atoms. The quantitative estimate of drug-likeness (QED) is 0.685. The van der Waals surface area contributed by atoms with Crippen LogP contribution in [0, 0.1) is 0 Å². The Kier molecular flexibility index (Phi) is 7.90. The highest BCUT2D eigenvalue weighted by molar-refractivity contribution is 7.98. The van der Waals surface area contributed by atoms with Crippen molar-refractivity contribution < 1.29 is 9.13 Å². The lowest BCUT2D eigenvalue weighted by Crippen LogP contribution is -2.28. The van der Waals surface area contributed by atoms with Gasteiger partial charge in [-0.25, -0.2) is 9.34 Å². The van der Waals surface area contributed by atoms with Gasteiger partial charge in [0.2, 0.25) is 0 Å². The first kappa shape index (κ1) is 17.9. The average molecular weight is 324 g/mol. The van der Waals surface area contributed by atoms with E-state index in [9.17, 15) is 9.13 Å². The summed E-state index contributed by atoms with van der Waals surface area (Å²) in [7, 11) is 0. The third-order valence-corrected chi connectivity index (χ3v) is 9.64. The Bertz CT molecular complexity index is 292. The van der Waals surface area contributed by atoms with Crippen LogP contribution in [-0.2, 0) is 9.13 Å². The van der Waals surface area contributed by atoms with Gasteiger partial charge in [0.15, 0.2) is 0 Å². The molecule has 0 aliphatic rings. The van der Waals surface area contributed by atoms with E-state index in [1.54, 1.807) is 0 Å². The SMILES string of the molecule is CCN(CC)P(=O)(Cl)NP(=O)(Cl)N(CC)CC. The van der Waals surface area contributed by atoms with Gasteiger partial charge in [-0.05, 0) is 22.5 Å². The van der Waals surface area contributed by atoms with Crippen molar-refractivity contribution in [1.82, 2.24) is 14.2 Å². The number of hydrogen-bond acceptors (Lipinski definition) is 2. The maximum Gasteiger partial charge on any atom is 0.309 e.